The summed E-state index contributed by atoms with van der Waals surface area (Å²) in [4.78, 5) is 25.2. The van der Waals surface area contributed by atoms with E-state index in [4.69, 9.17) is 9.05 Å². The number of unbranched alkanes of at least 4 members (excludes halogenated alkanes) is 10. The topological polar surface area (TPSA) is 108 Å². The first-order valence-electron chi connectivity index (χ1n) is 22.7. The van der Waals surface area contributed by atoms with Gasteiger partial charge in [-0.3, -0.25) is 9.36 Å². The minimum Gasteiger partial charge on any atom is -0.756 e. The van der Waals surface area contributed by atoms with Crippen LogP contribution in [0.25, 0.3) is 0 Å². The zero-order valence-corrected chi connectivity index (χ0v) is 38.8. The summed E-state index contributed by atoms with van der Waals surface area (Å²) >= 11 is 0. The average molecular weight is 841 g/mol. The highest BCUT2D eigenvalue weighted by Gasteiger charge is 2.23. The number of likely N-dealkylation sites (N-methyl/N-ethyl adjacent to an activating group) is 1. The van der Waals surface area contributed by atoms with Crippen LogP contribution in [0.5, 0.6) is 0 Å². The molecule has 3 unspecified atom stereocenters. The summed E-state index contributed by atoms with van der Waals surface area (Å²) in [7, 11) is 1.22. The normalized spacial score (nSPS) is 15.3. The van der Waals surface area contributed by atoms with Crippen molar-refractivity contribution in [3.05, 3.63) is 109 Å². The van der Waals surface area contributed by atoms with Crippen LogP contribution in [0.2, 0.25) is 0 Å². The quantitative estimate of drug-likeness (QED) is 0.0276. The summed E-state index contributed by atoms with van der Waals surface area (Å²) in [5.74, 6) is -0.232. The zero-order valence-electron chi connectivity index (χ0n) is 37.9. The van der Waals surface area contributed by atoms with Crippen LogP contribution in [0.15, 0.2) is 109 Å². The monoisotopic (exact) mass is 841 g/mol. The molecule has 0 aromatic rings. The number of phosphoric acid groups is 1. The number of carbonyl (C=O) groups excluding carboxylic acids is 1. The number of rotatable bonds is 39. The number of aliphatic hydroxyl groups is 1. The van der Waals surface area contributed by atoms with Crippen molar-refractivity contribution >= 4 is 13.7 Å². The summed E-state index contributed by atoms with van der Waals surface area (Å²) in [6.45, 7) is 4.43. The Morgan fingerprint density at radius 2 is 1.03 bits per heavy atom. The number of hydrogen-bond donors (Lipinski definition) is 2. The number of nitrogens with zero attached hydrogens (tertiary/aromatic N) is 1. The summed E-state index contributed by atoms with van der Waals surface area (Å²) in [6, 6.07) is -0.905. The highest BCUT2D eigenvalue weighted by molar-refractivity contribution is 7.45. The molecule has 0 bridgehead atoms. The molecule has 0 fully saturated rings. The van der Waals surface area contributed by atoms with Gasteiger partial charge in [-0.2, -0.15) is 0 Å². The molecule has 0 saturated heterocycles. The van der Waals surface area contributed by atoms with E-state index in [1.807, 2.05) is 27.2 Å². The number of nitrogens with one attached hydrogen (secondary N) is 1. The first-order valence-corrected chi connectivity index (χ1v) is 24.2. The lowest BCUT2D eigenvalue weighted by molar-refractivity contribution is -0.870. The smallest absolute Gasteiger partial charge is 0.268 e. The van der Waals surface area contributed by atoms with Crippen molar-refractivity contribution in [2.75, 3.05) is 40.9 Å². The molecule has 8 nitrogen and oxygen atoms in total. The van der Waals surface area contributed by atoms with Gasteiger partial charge in [-0.1, -0.05) is 168 Å². The maximum atomic E-state index is 12.8. The standard InChI is InChI=1S/C50H85N2O6P/c1-6-8-10-12-14-16-17-18-19-20-21-22-23-24-25-26-27-28-29-30-31-32-33-34-35-36-38-40-42-44-50(54)51-48(47-58-59(55,56)57-46-45-52(3,4)5)49(53)43-41-39-37-15-13-11-9-7-2/h8,10,14,16,18-19,21-22,24-25,27-28,30-31,33-34,41,43,48-49,53H,6-7,9,11-13,15,17,20,23,26,29,32,35-40,42,44-47H2,1-5H3,(H-,51,54,55,56)/b10-8-,16-14-,19-18-,22-21-,25-24-,28-27-,31-30-,34-33-,43-41+. The van der Waals surface area contributed by atoms with Crippen LogP contribution in [-0.2, 0) is 18.4 Å². The minimum absolute atomic E-state index is 0.0133. The predicted molar refractivity (Wildman–Crippen MR) is 251 cm³/mol. The molecule has 0 aliphatic heterocycles. The zero-order chi connectivity index (χ0) is 43.6. The number of allylic oxidation sites excluding steroid dienone is 17. The molecule has 0 spiro atoms. The lowest BCUT2D eigenvalue weighted by Crippen LogP contribution is -2.45. The van der Waals surface area contributed by atoms with E-state index in [0.717, 1.165) is 103 Å². The fourth-order valence-corrected chi connectivity index (χ4v) is 6.36. The highest BCUT2D eigenvalue weighted by Crippen LogP contribution is 2.38. The van der Waals surface area contributed by atoms with Crippen molar-refractivity contribution < 1.29 is 32.9 Å². The number of aliphatic hydroxyl groups excluding tert-OH is 1. The molecule has 0 aliphatic rings. The number of amides is 1. The van der Waals surface area contributed by atoms with Crippen molar-refractivity contribution in [3.8, 4) is 0 Å². The Morgan fingerprint density at radius 3 is 1.51 bits per heavy atom. The molecule has 59 heavy (non-hydrogen) atoms. The molecule has 0 aromatic carbocycles. The van der Waals surface area contributed by atoms with Crippen molar-refractivity contribution in [2.45, 2.75) is 161 Å². The molecular formula is C50H85N2O6P. The Hall–Kier alpha value is -2.84. The maximum absolute atomic E-state index is 12.8. The first-order chi connectivity index (χ1) is 28.5. The summed E-state index contributed by atoms with van der Waals surface area (Å²) in [6.07, 6.45) is 58.7. The van der Waals surface area contributed by atoms with E-state index in [1.165, 1.54) is 25.7 Å². The molecule has 0 aromatic heterocycles. The third kappa shape index (κ3) is 43.1. The minimum atomic E-state index is -4.59. The van der Waals surface area contributed by atoms with Crippen LogP contribution in [0.3, 0.4) is 0 Å². The third-order valence-corrected chi connectivity index (χ3v) is 10.2. The van der Waals surface area contributed by atoms with Gasteiger partial charge in [0, 0.05) is 6.42 Å². The Kier molecular flexibility index (Phi) is 38.6. The first kappa shape index (κ1) is 56.2. The van der Waals surface area contributed by atoms with Gasteiger partial charge in [0.1, 0.15) is 13.2 Å². The van der Waals surface area contributed by atoms with Crippen LogP contribution in [0.4, 0.5) is 0 Å². The summed E-state index contributed by atoms with van der Waals surface area (Å²) < 4.78 is 23.1. The Labute approximate surface area is 361 Å². The van der Waals surface area contributed by atoms with Crippen molar-refractivity contribution in [1.29, 1.82) is 0 Å². The molecule has 0 rings (SSSR count). The van der Waals surface area contributed by atoms with E-state index in [-0.39, 0.29) is 12.5 Å². The second-order valence-corrected chi connectivity index (χ2v) is 17.4. The van der Waals surface area contributed by atoms with Crippen molar-refractivity contribution in [2.24, 2.45) is 0 Å². The van der Waals surface area contributed by atoms with Crippen LogP contribution in [-0.4, -0.2) is 68.5 Å². The molecular weight excluding hydrogens is 756 g/mol. The van der Waals surface area contributed by atoms with Gasteiger partial charge in [0.25, 0.3) is 7.82 Å². The van der Waals surface area contributed by atoms with E-state index >= 15 is 0 Å². The molecule has 0 radical (unpaired) electrons. The van der Waals surface area contributed by atoms with E-state index in [2.05, 4.69) is 116 Å². The third-order valence-electron chi connectivity index (χ3n) is 9.24. The van der Waals surface area contributed by atoms with Gasteiger partial charge in [0.15, 0.2) is 0 Å². The van der Waals surface area contributed by atoms with E-state index < -0.39 is 26.6 Å². The lowest BCUT2D eigenvalue weighted by atomic mass is 10.1. The molecule has 2 N–H and O–H groups in total. The average Bonchev–Trinajstić information content (AvgIpc) is 3.19. The molecule has 336 valence electrons. The van der Waals surface area contributed by atoms with Gasteiger partial charge >= 0.3 is 0 Å². The Balaban J connectivity index is 4.28. The number of carbonyl (C=O) groups is 1. The van der Waals surface area contributed by atoms with Crippen LogP contribution in [0.1, 0.15) is 149 Å². The van der Waals surface area contributed by atoms with Crippen LogP contribution in [0, 0.1) is 0 Å². The molecule has 9 heteroatoms. The highest BCUT2D eigenvalue weighted by atomic mass is 31.2. The number of quaternary nitrogens is 1. The summed E-state index contributed by atoms with van der Waals surface area (Å²) in [5.41, 5.74) is 0. The van der Waals surface area contributed by atoms with Gasteiger partial charge in [-0.25, -0.2) is 0 Å². The second kappa shape index (κ2) is 40.6. The fourth-order valence-electron chi connectivity index (χ4n) is 5.64. The predicted octanol–water partition coefficient (Wildman–Crippen LogP) is 12.3. The van der Waals surface area contributed by atoms with E-state index in [1.54, 1.807) is 6.08 Å². The summed E-state index contributed by atoms with van der Waals surface area (Å²) in [5, 5.41) is 13.7. The molecule has 0 aliphatic carbocycles. The van der Waals surface area contributed by atoms with Gasteiger partial charge in [-0.05, 0) is 83.5 Å². The van der Waals surface area contributed by atoms with Crippen LogP contribution < -0.4 is 10.2 Å². The number of phosphoric ester groups is 1. The molecule has 3 atom stereocenters. The largest absolute Gasteiger partial charge is 0.756 e. The van der Waals surface area contributed by atoms with Crippen molar-refractivity contribution in [1.82, 2.24) is 5.32 Å². The number of hydrogen-bond acceptors (Lipinski definition) is 6. The Morgan fingerprint density at radius 1 is 0.610 bits per heavy atom. The lowest BCUT2D eigenvalue weighted by Gasteiger charge is -2.29. The maximum Gasteiger partial charge on any atom is 0.268 e. The molecule has 0 saturated carbocycles. The second-order valence-electron chi connectivity index (χ2n) is 16.0. The Bertz CT molecular complexity index is 1320. The van der Waals surface area contributed by atoms with E-state index in [0.29, 0.717) is 17.4 Å². The SMILES string of the molecule is CC/C=C\C/C=C\C/C=C\C/C=C\C/C=C\C/C=C\C/C=C\C/C=C\CCCCCCC(=O)NC(COP(=O)([O-])OCC[N+](C)(C)C)C(O)/C=C/CCCCCCCC. The van der Waals surface area contributed by atoms with Gasteiger partial charge in [-0.15, -0.1) is 0 Å². The van der Waals surface area contributed by atoms with Gasteiger partial charge < -0.3 is 28.8 Å². The van der Waals surface area contributed by atoms with Gasteiger partial charge in [0.05, 0.1) is 39.9 Å². The van der Waals surface area contributed by atoms with Gasteiger partial charge in [0.2, 0.25) is 5.91 Å². The van der Waals surface area contributed by atoms with E-state index in [9.17, 15) is 19.4 Å². The van der Waals surface area contributed by atoms with Crippen molar-refractivity contribution in [3.63, 3.8) is 0 Å². The molecule has 1 amide bonds. The van der Waals surface area contributed by atoms with Crippen LogP contribution >= 0.6 is 7.82 Å². The molecule has 0 heterocycles. The fraction of sp³-hybridized carbons (Fsp3) is 0.620.